The van der Waals surface area contributed by atoms with E-state index < -0.39 is 0 Å². The molecule has 0 aliphatic heterocycles. The van der Waals surface area contributed by atoms with Crippen LogP contribution in [-0.4, -0.2) is 22.7 Å². The molecular weight excluding hydrogens is 266 g/mol. The number of nitrogens with zero attached hydrogens (tertiary/aromatic N) is 1. The van der Waals surface area contributed by atoms with Gasteiger partial charge in [0, 0.05) is 17.4 Å². The number of amides is 2. The van der Waals surface area contributed by atoms with Gasteiger partial charge in [0.25, 0.3) is 0 Å². The smallest absolute Gasteiger partial charge is 0.324 e. The number of aryl methyl sites for hydroxylation is 1. The van der Waals surface area contributed by atoms with Crippen LogP contribution in [0, 0.1) is 18.8 Å². The fourth-order valence-electron chi connectivity index (χ4n) is 1.72. The highest BCUT2D eigenvalue weighted by atomic mass is 16.2. The van der Waals surface area contributed by atoms with Crippen LogP contribution in [-0.2, 0) is 0 Å². The van der Waals surface area contributed by atoms with Crippen molar-refractivity contribution in [3.05, 3.63) is 53.7 Å². The lowest BCUT2D eigenvalue weighted by Gasteiger charge is -2.07. The highest BCUT2D eigenvalue weighted by Crippen LogP contribution is 2.11. The molecule has 0 fully saturated rings. The Kier molecular flexibility index (Phi) is 4.91. The number of rotatable bonds is 2. The lowest BCUT2D eigenvalue weighted by molar-refractivity contribution is 0.262. The van der Waals surface area contributed by atoms with E-state index >= 15 is 0 Å². The van der Waals surface area contributed by atoms with Crippen molar-refractivity contribution in [2.45, 2.75) is 6.92 Å². The van der Waals surface area contributed by atoms with Crippen LogP contribution in [0.1, 0.15) is 11.1 Å². The van der Waals surface area contributed by atoms with Gasteiger partial charge in [-0.15, -0.1) is 0 Å². The van der Waals surface area contributed by atoms with E-state index in [1.54, 1.807) is 18.3 Å². The summed E-state index contributed by atoms with van der Waals surface area (Å²) in [5.41, 5.74) is 2.45. The van der Waals surface area contributed by atoms with Crippen LogP contribution in [0.25, 0.3) is 0 Å². The summed E-state index contributed by atoms with van der Waals surface area (Å²) < 4.78 is 0. The highest BCUT2D eigenvalue weighted by Gasteiger charge is 2.04. The maximum atomic E-state index is 11.9. The summed E-state index contributed by atoms with van der Waals surface area (Å²) in [5.74, 6) is 5.69. The molecule has 0 aliphatic carbocycles. The summed E-state index contributed by atoms with van der Waals surface area (Å²) >= 11 is 0. The fraction of sp³-hybridized carbons (Fsp3) is 0.125. The molecule has 2 rings (SSSR count). The molecule has 106 valence electrons. The second-order valence-electron chi connectivity index (χ2n) is 4.34. The molecule has 5 heteroatoms. The van der Waals surface area contributed by atoms with Crippen molar-refractivity contribution < 1.29 is 9.90 Å². The zero-order valence-corrected chi connectivity index (χ0v) is 11.6. The van der Waals surface area contributed by atoms with Crippen LogP contribution < -0.4 is 10.6 Å². The molecule has 5 nitrogen and oxygen atoms in total. The van der Waals surface area contributed by atoms with Gasteiger partial charge < -0.3 is 10.4 Å². The number of aliphatic hydroxyl groups excluding tert-OH is 1. The number of hydrogen-bond donors (Lipinski definition) is 3. The van der Waals surface area contributed by atoms with Crippen LogP contribution >= 0.6 is 0 Å². The van der Waals surface area contributed by atoms with Crippen molar-refractivity contribution in [3.8, 4) is 11.8 Å². The summed E-state index contributed by atoms with van der Waals surface area (Å²) in [6.07, 6.45) is 1.55. The van der Waals surface area contributed by atoms with Gasteiger partial charge in [0.1, 0.15) is 12.4 Å². The molecule has 21 heavy (non-hydrogen) atoms. The van der Waals surface area contributed by atoms with Crippen molar-refractivity contribution in [1.82, 2.24) is 4.98 Å². The predicted molar refractivity (Wildman–Crippen MR) is 82.0 cm³/mol. The molecule has 0 saturated heterocycles. The van der Waals surface area contributed by atoms with Gasteiger partial charge >= 0.3 is 6.03 Å². The number of aliphatic hydroxyl groups is 1. The Bertz CT molecular complexity index is 702. The Balaban J connectivity index is 2.02. The summed E-state index contributed by atoms with van der Waals surface area (Å²) in [5, 5.41) is 14.0. The minimum Gasteiger partial charge on any atom is -0.384 e. The molecule has 1 aromatic heterocycles. The maximum absolute atomic E-state index is 11.9. The van der Waals surface area contributed by atoms with Crippen LogP contribution in [0.3, 0.4) is 0 Å². The zero-order chi connectivity index (χ0) is 15.1. The number of urea groups is 1. The molecule has 0 spiro atoms. The number of carbonyl (C=O) groups excluding carboxylic acids is 1. The Morgan fingerprint density at radius 3 is 2.90 bits per heavy atom. The van der Waals surface area contributed by atoms with Gasteiger partial charge in [0.05, 0.1) is 0 Å². The van der Waals surface area contributed by atoms with Gasteiger partial charge in [0.15, 0.2) is 0 Å². The van der Waals surface area contributed by atoms with Crippen molar-refractivity contribution in [1.29, 1.82) is 0 Å². The lowest BCUT2D eigenvalue weighted by atomic mass is 10.2. The summed E-state index contributed by atoms with van der Waals surface area (Å²) in [6.45, 7) is 1.74. The number of anilines is 2. The predicted octanol–water partition coefficient (Wildman–Crippen LogP) is 2.38. The molecule has 0 saturated carbocycles. The van der Waals surface area contributed by atoms with Crippen molar-refractivity contribution in [3.63, 3.8) is 0 Å². The normalized spacial score (nSPS) is 9.43. The standard InChI is InChI=1S/C16H15N3O2/c1-12-4-2-6-14(10-12)18-16(21)19-15-11-13(5-3-9-20)7-8-17-15/h2,4,6-8,10-11,20H,9H2,1H3,(H2,17,18,19,21). The van der Waals surface area contributed by atoms with Crippen molar-refractivity contribution in [2.24, 2.45) is 0 Å². The van der Waals surface area contributed by atoms with E-state index in [2.05, 4.69) is 27.5 Å². The summed E-state index contributed by atoms with van der Waals surface area (Å²) in [6, 6.07) is 10.5. The quantitative estimate of drug-likeness (QED) is 0.740. The second-order valence-corrected chi connectivity index (χ2v) is 4.34. The first-order valence-corrected chi connectivity index (χ1v) is 6.38. The molecule has 0 bridgehead atoms. The average molecular weight is 281 g/mol. The van der Waals surface area contributed by atoms with E-state index in [4.69, 9.17) is 5.11 Å². The first-order valence-electron chi connectivity index (χ1n) is 6.38. The highest BCUT2D eigenvalue weighted by molar-refractivity contribution is 5.99. The van der Waals surface area contributed by atoms with Gasteiger partial charge in [-0.05, 0) is 36.8 Å². The monoisotopic (exact) mass is 281 g/mol. The summed E-state index contributed by atoms with van der Waals surface area (Å²) in [7, 11) is 0. The molecule has 0 aliphatic rings. The first kappa shape index (κ1) is 14.6. The molecule has 2 amide bonds. The Morgan fingerprint density at radius 2 is 2.14 bits per heavy atom. The van der Waals surface area contributed by atoms with Crippen molar-refractivity contribution >= 4 is 17.5 Å². The fourth-order valence-corrected chi connectivity index (χ4v) is 1.72. The third-order valence-corrected chi connectivity index (χ3v) is 2.59. The van der Waals surface area contributed by atoms with E-state index in [9.17, 15) is 4.79 Å². The largest absolute Gasteiger partial charge is 0.384 e. The zero-order valence-electron chi connectivity index (χ0n) is 11.6. The minimum absolute atomic E-state index is 0.209. The van der Waals surface area contributed by atoms with Crippen molar-refractivity contribution in [2.75, 3.05) is 17.2 Å². The topological polar surface area (TPSA) is 74.2 Å². The second kappa shape index (κ2) is 7.08. The number of nitrogens with one attached hydrogen (secondary N) is 2. The van der Waals surface area contributed by atoms with E-state index in [1.807, 2.05) is 31.2 Å². The van der Waals surface area contributed by atoms with E-state index in [0.29, 0.717) is 17.1 Å². The molecule has 0 atom stereocenters. The van der Waals surface area contributed by atoms with E-state index in [-0.39, 0.29) is 12.6 Å². The average Bonchev–Trinajstić information content (AvgIpc) is 2.45. The number of pyridine rings is 1. The van der Waals surface area contributed by atoms with Crippen LogP contribution in [0.15, 0.2) is 42.6 Å². The van der Waals surface area contributed by atoms with Crippen LogP contribution in [0.4, 0.5) is 16.3 Å². The number of aromatic nitrogens is 1. The maximum Gasteiger partial charge on any atom is 0.324 e. The third-order valence-electron chi connectivity index (χ3n) is 2.59. The Morgan fingerprint density at radius 1 is 1.29 bits per heavy atom. The van der Waals surface area contributed by atoms with Gasteiger partial charge in [0.2, 0.25) is 0 Å². The molecule has 1 heterocycles. The minimum atomic E-state index is -0.375. The third kappa shape index (κ3) is 4.64. The van der Waals surface area contributed by atoms with E-state index in [1.165, 1.54) is 0 Å². The van der Waals surface area contributed by atoms with Gasteiger partial charge in [-0.25, -0.2) is 9.78 Å². The Labute approximate surface area is 123 Å². The SMILES string of the molecule is Cc1cccc(NC(=O)Nc2cc(C#CCO)ccn2)c1. The van der Waals surface area contributed by atoms with Crippen LogP contribution in [0.2, 0.25) is 0 Å². The molecular formula is C16H15N3O2. The van der Waals surface area contributed by atoms with E-state index in [0.717, 1.165) is 5.56 Å². The summed E-state index contributed by atoms with van der Waals surface area (Å²) in [4.78, 5) is 15.9. The number of hydrogen-bond acceptors (Lipinski definition) is 3. The number of benzene rings is 1. The molecule has 2 aromatic rings. The van der Waals surface area contributed by atoms with Gasteiger partial charge in [-0.1, -0.05) is 24.0 Å². The first-order chi connectivity index (χ1) is 10.2. The van der Waals surface area contributed by atoms with Gasteiger partial charge in [-0.2, -0.15) is 0 Å². The molecule has 0 unspecified atom stereocenters. The molecule has 3 N–H and O–H groups in total. The van der Waals surface area contributed by atoms with Gasteiger partial charge in [-0.3, -0.25) is 5.32 Å². The molecule has 0 radical (unpaired) electrons. The lowest BCUT2D eigenvalue weighted by Crippen LogP contribution is -2.20. The Hall–Kier alpha value is -2.84. The number of carbonyl (C=O) groups is 1. The molecule has 1 aromatic carbocycles. The van der Waals surface area contributed by atoms with Crippen LogP contribution in [0.5, 0.6) is 0 Å².